The summed E-state index contributed by atoms with van der Waals surface area (Å²) in [5, 5.41) is 18.0. The molecular weight excluding hydrogens is 180 g/mol. The first kappa shape index (κ1) is 9.68. The van der Waals surface area contributed by atoms with E-state index in [0.717, 1.165) is 30.9 Å². The predicted molar refractivity (Wildman–Crippen MR) is 52.1 cm³/mol. The van der Waals surface area contributed by atoms with Crippen LogP contribution in [0.3, 0.4) is 0 Å². The monoisotopic (exact) mass is 196 g/mol. The zero-order valence-electron chi connectivity index (χ0n) is 8.19. The van der Waals surface area contributed by atoms with E-state index in [2.05, 4.69) is 9.55 Å². The highest BCUT2D eigenvalue weighted by Gasteiger charge is 2.22. The molecule has 4 heteroatoms. The SMILES string of the molecule is OCCc1ncc2n1CCCC2CO. The minimum atomic E-state index is 0.139. The average Bonchev–Trinajstić information content (AvgIpc) is 2.62. The molecule has 0 amide bonds. The smallest absolute Gasteiger partial charge is 0.111 e. The van der Waals surface area contributed by atoms with Gasteiger partial charge in [0.15, 0.2) is 0 Å². The van der Waals surface area contributed by atoms with Crippen molar-refractivity contribution in [3.63, 3.8) is 0 Å². The highest BCUT2D eigenvalue weighted by molar-refractivity contribution is 5.13. The summed E-state index contributed by atoms with van der Waals surface area (Å²) in [6.07, 6.45) is 4.58. The molecule has 2 heterocycles. The van der Waals surface area contributed by atoms with E-state index in [4.69, 9.17) is 5.11 Å². The lowest BCUT2D eigenvalue weighted by molar-refractivity contribution is 0.239. The minimum Gasteiger partial charge on any atom is -0.396 e. The van der Waals surface area contributed by atoms with Gasteiger partial charge in [0, 0.05) is 30.8 Å². The molecule has 2 rings (SSSR count). The van der Waals surface area contributed by atoms with Gasteiger partial charge in [-0.3, -0.25) is 0 Å². The maximum Gasteiger partial charge on any atom is 0.111 e. The van der Waals surface area contributed by atoms with Crippen molar-refractivity contribution in [1.29, 1.82) is 0 Å². The Labute approximate surface area is 83.2 Å². The molecule has 2 N–H and O–H groups in total. The van der Waals surface area contributed by atoms with Gasteiger partial charge in [-0.05, 0) is 12.8 Å². The number of imidazole rings is 1. The lowest BCUT2D eigenvalue weighted by Crippen LogP contribution is -2.19. The summed E-state index contributed by atoms with van der Waals surface area (Å²) in [6.45, 7) is 1.31. The molecule has 0 radical (unpaired) electrons. The van der Waals surface area contributed by atoms with E-state index in [0.29, 0.717) is 6.42 Å². The molecule has 0 saturated heterocycles. The van der Waals surface area contributed by atoms with Crippen molar-refractivity contribution in [1.82, 2.24) is 9.55 Å². The first-order chi connectivity index (χ1) is 6.86. The van der Waals surface area contributed by atoms with Crippen LogP contribution in [0, 0.1) is 0 Å². The number of aromatic nitrogens is 2. The second-order valence-corrected chi connectivity index (χ2v) is 3.75. The molecule has 0 aliphatic carbocycles. The van der Waals surface area contributed by atoms with Crippen molar-refractivity contribution in [2.45, 2.75) is 31.7 Å². The van der Waals surface area contributed by atoms with Crippen LogP contribution < -0.4 is 0 Å². The van der Waals surface area contributed by atoms with Crippen LogP contribution in [0.4, 0.5) is 0 Å². The Balaban J connectivity index is 2.28. The van der Waals surface area contributed by atoms with Crippen LogP contribution in [0.1, 0.15) is 30.3 Å². The van der Waals surface area contributed by atoms with Crippen LogP contribution in [0.5, 0.6) is 0 Å². The molecule has 1 aliphatic rings. The van der Waals surface area contributed by atoms with Crippen LogP contribution in [-0.2, 0) is 13.0 Å². The molecule has 0 spiro atoms. The lowest BCUT2D eigenvalue weighted by atomic mass is 9.97. The third-order valence-corrected chi connectivity index (χ3v) is 2.88. The third-order valence-electron chi connectivity index (χ3n) is 2.88. The van der Waals surface area contributed by atoms with E-state index in [1.165, 1.54) is 0 Å². The van der Waals surface area contributed by atoms with Crippen LogP contribution in [-0.4, -0.2) is 33.0 Å². The maximum atomic E-state index is 9.19. The van der Waals surface area contributed by atoms with E-state index >= 15 is 0 Å². The fraction of sp³-hybridized carbons (Fsp3) is 0.700. The van der Waals surface area contributed by atoms with Gasteiger partial charge < -0.3 is 14.8 Å². The predicted octanol–water partition coefficient (Wildman–Crippen LogP) is 0.288. The van der Waals surface area contributed by atoms with E-state index < -0.39 is 0 Å². The lowest BCUT2D eigenvalue weighted by Gasteiger charge is -2.23. The van der Waals surface area contributed by atoms with Crippen LogP contribution in [0.2, 0.25) is 0 Å². The topological polar surface area (TPSA) is 58.3 Å². The second kappa shape index (κ2) is 4.11. The fourth-order valence-electron chi connectivity index (χ4n) is 2.14. The zero-order valence-corrected chi connectivity index (χ0v) is 8.19. The summed E-state index contributed by atoms with van der Waals surface area (Å²) in [5.74, 6) is 1.18. The summed E-state index contributed by atoms with van der Waals surface area (Å²) in [4.78, 5) is 4.28. The quantitative estimate of drug-likeness (QED) is 0.730. The van der Waals surface area contributed by atoms with E-state index in [-0.39, 0.29) is 19.1 Å². The van der Waals surface area contributed by atoms with Crippen LogP contribution in [0.15, 0.2) is 6.20 Å². The van der Waals surface area contributed by atoms with Crippen molar-refractivity contribution >= 4 is 0 Å². The van der Waals surface area contributed by atoms with Gasteiger partial charge >= 0.3 is 0 Å². The van der Waals surface area contributed by atoms with E-state index in [1.54, 1.807) is 0 Å². The minimum absolute atomic E-state index is 0.139. The van der Waals surface area contributed by atoms with E-state index in [1.807, 2.05) is 6.20 Å². The molecule has 0 bridgehead atoms. The Bertz CT molecular complexity index is 309. The normalized spacial score (nSPS) is 20.9. The van der Waals surface area contributed by atoms with Crippen molar-refractivity contribution < 1.29 is 10.2 Å². The number of rotatable bonds is 3. The van der Waals surface area contributed by atoms with Crippen molar-refractivity contribution in [3.05, 3.63) is 17.7 Å². The third kappa shape index (κ3) is 1.55. The summed E-state index contributed by atoms with van der Waals surface area (Å²) in [7, 11) is 0. The second-order valence-electron chi connectivity index (χ2n) is 3.75. The van der Waals surface area contributed by atoms with Crippen LogP contribution >= 0.6 is 0 Å². The zero-order chi connectivity index (χ0) is 9.97. The van der Waals surface area contributed by atoms with Gasteiger partial charge in [-0.2, -0.15) is 0 Å². The molecule has 1 aliphatic heterocycles. The Morgan fingerprint density at radius 1 is 1.50 bits per heavy atom. The molecule has 0 aromatic carbocycles. The van der Waals surface area contributed by atoms with Gasteiger partial charge in [-0.15, -0.1) is 0 Å². The number of aliphatic hydroxyl groups is 2. The average molecular weight is 196 g/mol. The Hall–Kier alpha value is -0.870. The molecular formula is C10H16N2O2. The molecule has 4 nitrogen and oxygen atoms in total. The Kier molecular flexibility index (Phi) is 2.84. The van der Waals surface area contributed by atoms with Crippen LogP contribution in [0.25, 0.3) is 0 Å². The molecule has 1 atom stereocenters. The number of nitrogens with zero attached hydrogens (tertiary/aromatic N) is 2. The van der Waals surface area contributed by atoms with Gasteiger partial charge in [0.05, 0.1) is 13.2 Å². The van der Waals surface area contributed by atoms with Crippen molar-refractivity contribution in [2.75, 3.05) is 13.2 Å². The molecule has 78 valence electrons. The Morgan fingerprint density at radius 2 is 2.36 bits per heavy atom. The fourth-order valence-corrected chi connectivity index (χ4v) is 2.14. The van der Waals surface area contributed by atoms with Gasteiger partial charge in [-0.1, -0.05) is 0 Å². The van der Waals surface area contributed by atoms with Gasteiger partial charge in [0.1, 0.15) is 5.82 Å². The summed E-state index contributed by atoms with van der Waals surface area (Å²) >= 11 is 0. The first-order valence-corrected chi connectivity index (χ1v) is 5.13. The summed E-state index contributed by atoms with van der Waals surface area (Å²) in [5.41, 5.74) is 1.13. The van der Waals surface area contributed by atoms with E-state index in [9.17, 15) is 5.11 Å². The number of hydrogen-bond acceptors (Lipinski definition) is 3. The van der Waals surface area contributed by atoms with Crippen molar-refractivity contribution in [3.8, 4) is 0 Å². The molecule has 14 heavy (non-hydrogen) atoms. The molecule has 1 unspecified atom stereocenters. The summed E-state index contributed by atoms with van der Waals surface area (Å²) in [6, 6.07) is 0. The number of fused-ring (bicyclic) bond motifs is 1. The van der Waals surface area contributed by atoms with Crippen molar-refractivity contribution in [2.24, 2.45) is 0 Å². The van der Waals surface area contributed by atoms with Gasteiger partial charge in [0.2, 0.25) is 0 Å². The van der Waals surface area contributed by atoms with Gasteiger partial charge in [-0.25, -0.2) is 4.98 Å². The molecule has 0 fully saturated rings. The Morgan fingerprint density at radius 3 is 3.07 bits per heavy atom. The molecule has 0 saturated carbocycles. The molecule has 1 aromatic rings. The van der Waals surface area contributed by atoms with Gasteiger partial charge in [0.25, 0.3) is 0 Å². The highest BCUT2D eigenvalue weighted by Crippen LogP contribution is 2.27. The molecule has 1 aromatic heterocycles. The highest BCUT2D eigenvalue weighted by atomic mass is 16.3. The number of aliphatic hydroxyl groups excluding tert-OH is 2. The standard InChI is InChI=1S/C10H16N2O2/c13-5-3-10-11-6-9-8(7-14)2-1-4-12(9)10/h6,8,13-14H,1-5,7H2. The first-order valence-electron chi connectivity index (χ1n) is 5.13. The number of hydrogen-bond donors (Lipinski definition) is 2. The summed E-state index contributed by atoms with van der Waals surface area (Å²) < 4.78 is 2.14. The largest absolute Gasteiger partial charge is 0.396 e. The maximum absolute atomic E-state index is 9.19.